The van der Waals surface area contributed by atoms with Crippen LogP contribution in [0.25, 0.3) is 0 Å². The average molecular weight is 307 g/mol. The molecule has 120 valence electrons. The highest BCUT2D eigenvalue weighted by molar-refractivity contribution is 5.25. The van der Waals surface area contributed by atoms with Gasteiger partial charge in [0.05, 0.1) is 26.5 Å². The van der Waals surface area contributed by atoms with E-state index in [-0.39, 0.29) is 18.2 Å². The zero-order valence-electron chi connectivity index (χ0n) is 12.3. The van der Waals surface area contributed by atoms with Crippen LogP contribution in [0.2, 0.25) is 0 Å². The Morgan fingerprint density at radius 1 is 1.29 bits per heavy atom. The van der Waals surface area contributed by atoms with Gasteiger partial charge in [0.1, 0.15) is 5.69 Å². The minimum Gasteiger partial charge on any atom is -0.480 e. The van der Waals surface area contributed by atoms with E-state index in [2.05, 4.69) is 15.3 Å². The van der Waals surface area contributed by atoms with Crippen molar-refractivity contribution in [2.45, 2.75) is 38.4 Å². The summed E-state index contributed by atoms with van der Waals surface area (Å²) in [5.41, 5.74) is 0.357. The second kappa shape index (κ2) is 8.02. The fourth-order valence-electron chi connectivity index (χ4n) is 1.82. The van der Waals surface area contributed by atoms with Gasteiger partial charge >= 0.3 is 6.18 Å². The first kappa shape index (κ1) is 17.5. The highest BCUT2D eigenvalue weighted by atomic mass is 19.4. The number of hydrogen-bond acceptors (Lipinski definition) is 5. The van der Waals surface area contributed by atoms with Gasteiger partial charge in [0.15, 0.2) is 0 Å². The number of nitrogens with one attached hydrogen (secondary N) is 1. The molecule has 1 N–H and O–H groups in total. The maximum absolute atomic E-state index is 12.4. The molecule has 0 saturated heterocycles. The van der Waals surface area contributed by atoms with Gasteiger partial charge in [-0.15, -0.1) is 0 Å². The molecule has 1 heterocycles. The van der Waals surface area contributed by atoms with Gasteiger partial charge in [-0.1, -0.05) is 6.92 Å². The number of hydrogen-bond donors (Lipinski definition) is 1. The van der Waals surface area contributed by atoms with Gasteiger partial charge in [0.2, 0.25) is 11.8 Å². The van der Waals surface area contributed by atoms with E-state index < -0.39 is 18.6 Å². The van der Waals surface area contributed by atoms with Crippen molar-refractivity contribution in [3.63, 3.8) is 0 Å². The summed E-state index contributed by atoms with van der Waals surface area (Å²) < 4.78 is 47.4. The molecule has 0 fully saturated rings. The summed E-state index contributed by atoms with van der Waals surface area (Å²) in [6, 6.07) is -0.570. The molecule has 1 rings (SSSR count). The van der Waals surface area contributed by atoms with E-state index in [9.17, 15) is 13.2 Å². The van der Waals surface area contributed by atoms with E-state index in [0.29, 0.717) is 12.2 Å². The summed E-state index contributed by atoms with van der Waals surface area (Å²) in [4.78, 5) is 8.19. The molecule has 1 unspecified atom stereocenters. The van der Waals surface area contributed by atoms with Crippen LogP contribution in [0, 0.1) is 0 Å². The first-order valence-electron chi connectivity index (χ1n) is 6.66. The number of nitrogens with zero attached hydrogens (tertiary/aromatic N) is 2. The van der Waals surface area contributed by atoms with Crippen molar-refractivity contribution in [2.24, 2.45) is 0 Å². The molecule has 0 radical (unpaired) electrons. The van der Waals surface area contributed by atoms with E-state index in [0.717, 1.165) is 6.42 Å². The third kappa shape index (κ3) is 5.74. The maximum Gasteiger partial charge on any atom is 0.389 e. The van der Waals surface area contributed by atoms with Gasteiger partial charge in [-0.2, -0.15) is 18.2 Å². The third-order valence-electron chi connectivity index (χ3n) is 2.83. The molecule has 0 aliphatic heterocycles. The SMILES string of the molecule is CCCNC(CCC(F)(F)F)c1ncc(OC)nc1OC. The summed E-state index contributed by atoms with van der Waals surface area (Å²) in [6.45, 7) is 2.52. The summed E-state index contributed by atoms with van der Waals surface area (Å²) >= 11 is 0. The van der Waals surface area contributed by atoms with Crippen LogP contribution in [0.3, 0.4) is 0 Å². The Morgan fingerprint density at radius 2 is 2.00 bits per heavy atom. The second-order valence-electron chi connectivity index (χ2n) is 4.47. The molecule has 0 amide bonds. The van der Waals surface area contributed by atoms with Gasteiger partial charge in [-0.05, 0) is 19.4 Å². The van der Waals surface area contributed by atoms with E-state index in [4.69, 9.17) is 9.47 Å². The third-order valence-corrected chi connectivity index (χ3v) is 2.83. The predicted molar refractivity (Wildman–Crippen MR) is 71.5 cm³/mol. The molecular formula is C13H20F3N3O2. The van der Waals surface area contributed by atoms with Crippen LogP contribution >= 0.6 is 0 Å². The van der Waals surface area contributed by atoms with Crippen LogP contribution in [0.15, 0.2) is 6.20 Å². The molecule has 1 aromatic rings. The van der Waals surface area contributed by atoms with Gasteiger partial charge in [0, 0.05) is 6.42 Å². The first-order chi connectivity index (χ1) is 9.91. The molecular weight excluding hydrogens is 287 g/mol. The van der Waals surface area contributed by atoms with Crippen LogP contribution in [-0.2, 0) is 0 Å². The highest BCUT2D eigenvalue weighted by Crippen LogP contribution is 2.30. The lowest BCUT2D eigenvalue weighted by molar-refractivity contribution is -0.136. The Kier molecular flexibility index (Phi) is 6.67. The highest BCUT2D eigenvalue weighted by Gasteiger charge is 2.30. The monoisotopic (exact) mass is 307 g/mol. The van der Waals surface area contributed by atoms with Crippen molar-refractivity contribution in [1.29, 1.82) is 0 Å². The molecule has 0 spiro atoms. The van der Waals surface area contributed by atoms with E-state index in [1.807, 2.05) is 6.92 Å². The Labute approximate surface area is 121 Å². The molecule has 8 heteroatoms. The van der Waals surface area contributed by atoms with Crippen LogP contribution in [-0.4, -0.2) is 36.9 Å². The number of alkyl halides is 3. The van der Waals surface area contributed by atoms with Gasteiger partial charge in [-0.3, -0.25) is 0 Å². The molecule has 1 atom stereocenters. The lowest BCUT2D eigenvalue weighted by Gasteiger charge is -2.20. The Bertz CT molecular complexity index is 441. The standard InChI is InChI=1S/C13H20F3N3O2/c1-4-7-17-9(5-6-13(14,15)16)11-12(21-3)19-10(20-2)8-18-11/h8-9,17H,4-7H2,1-3H3. The fourth-order valence-corrected chi connectivity index (χ4v) is 1.82. The Balaban J connectivity index is 2.95. The van der Waals surface area contributed by atoms with Gasteiger partial charge in [0.25, 0.3) is 0 Å². The van der Waals surface area contributed by atoms with Crippen molar-refractivity contribution >= 4 is 0 Å². The minimum atomic E-state index is -4.21. The predicted octanol–water partition coefficient (Wildman–Crippen LogP) is 2.88. The Morgan fingerprint density at radius 3 is 2.52 bits per heavy atom. The van der Waals surface area contributed by atoms with Crippen molar-refractivity contribution in [1.82, 2.24) is 15.3 Å². The molecule has 0 aliphatic rings. The molecule has 21 heavy (non-hydrogen) atoms. The molecule has 0 saturated carbocycles. The van der Waals surface area contributed by atoms with E-state index in [1.54, 1.807) is 0 Å². The minimum absolute atomic E-state index is 0.124. The normalized spacial score (nSPS) is 13.0. The molecule has 0 aliphatic carbocycles. The van der Waals surface area contributed by atoms with Crippen molar-refractivity contribution < 1.29 is 22.6 Å². The molecule has 1 aromatic heterocycles. The first-order valence-corrected chi connectivity index (χ1v) is 6.66. The van der Waals surface area contributed by atoms with Crippen LogP contribution in [0.1, 0.15) is 37.9 Å². The van der Waals surface area contributed by atoms with E-state index >= 15 is 0 Å². The number of methoxy groups -OCH3 is 2. The second-order valence-corrected chi connectivity index (χ2v) is 4.47. The number of rotatable bonds is 8. The quantitative estimate of drug-likeness (QED) is 0.800. The van der Waals surface area contributed by atoms with Crippen molar-refractivity contribution in [2.75, 3.05) is 20.8 Å². The smallest absolute Gasteiger partial charge is 0.389 e. The van der Waals surface area contributed by atoms with Crippen molar-refractivity contribution in [3.05, 3.63) is 11.9 Å². The number of aromatic nitrogens is 2. The zero-order chi connectivity index (χ0) is 15.9. The average Bonchev–Trinajstić information content (AvgIpc) is 2.46. The largest absolute Gasteiger partial charge is 0.480 e. The van der Waals surface area contributed by atoms with E-state index in [1.165, 1.54) is 20.4 Å². The number of ether oxygens (including phenoxy) is 2. The summed E-state index contributed by atoms with van der Waals surface area (Å²) in [5, 5.41) is 3.05. The summed E-state index contributed by atoms with van der Waals surface area (Å²) in [6.07, 6.45) is -3.06. The fraction of sp³-hybridized carbons (Fsp3) is 0.692. The van der Waals surface area contributed by atoms with Crippen LogP contribution in [0.4, 0.5) is 13.2 Å². The molecule has 5 nitrogen and oxygen atoms in total. The lowest BCUT2D eigenvalue weighted by atomic mass is 10.1. The van der Waals surface area contributed by atoms with Gasteiger partial charge in [-0.25, -0.2) is 4.98 Å². The lowest BCUT2D eigenvalue weighted by Crippen LogP contribution is -2.25. The Hall–Kier alpha value is -1.57. The zero-order valence-corrected chi connectivity index (χ0v) is 12.3. The summed E-state index contributed by atoms with van der Waals surface area (Å²) in [5.74, 6) is 0.422. The summed E-state index contributed by atoms with van der Waals surface area (Å²) in [7, 11) is 2.83. The van der Waals surface area contributed by atoms with Crippen LogP contribution < -0.4 is 14.8 Å². The van der Waals surface area contributed by atoms with Gasteiger partial charge < -0.3 is 14.8 Å². The molecule has 0 bridgehead atoms. The van der Waals surface area contributed by atoms with Crippen molar-refractivity contribution in [3.8, 4) is 11.8 Å². The molecule has 0 aromatic carbocycles. The maximum atomic E-state index is 12.4. The topological polar surface area (TPSA) is 56.3 Å². The van der Waals surface area contributed by atoms with Crippen LogP contribution in [0.5, 0.6) is 11.8 Å². The number of halogens is 3.